The maximum atomic E-state index is 9.25. The van der Waals surface area contributed by atoms with E-state index in [0.29, 0.717) is 5.69 Å². The molecule has 0 amide bonds. The Balaban J connectivity index is 2.31. The predicted molar refractivity (Wildman–Crippen MR) is 49.8 cm³/mol. The van der Waals surface area contributed by atoms with Crippen LogP contribution in [0.4, 0.5) is 0 Å². The topological polar surface area (TPSA) is 63.8 Å². The second kappa shape index (κ2) is 3.55. The SMILES string of the molecule is CC(O)c1ccc(-n2cncn2)cn1. The Bertz CT molecular complexity index is 393. The Morgan fingerprint density at radius 2 is 2.29 bits per heavy atom. The zero-order chi connectivity index (χ0) is 9.97. The first-order chi connectivity index (χ1) is 6.77. The van der Waals surface area contributed by atoms with Gasteiger partial charge in [0.2, 0.25) is 0 Å². The first-order valence-electron chi connectivity index (χ1n) is 4.26. The molecule has 14 heavy (non-hydrogen) atoms. The van der Waals surface area contributed by atoms with Crippen molar-refractivity contribution in [3.8, 4) is 5.69 Å². The molecule has 2 aromatic heterocycles. The average Bonchev–Trinajstić information content (AvgIpc) is 2.71. The van der Waals surface area contributed by atoms with E-state index in [2.05, 4.69) is 15.1 Å². The van der Waals surface area contributed by atoms with Gasteiger partial charge in [-0.05, 0) is 19.1 Å². The van der Waals surface area contributed by atoms with Crippen LogP contribution in [-0.4, -0.2) is 24.9 Å². The first-order valence-corrected chi connectivity index (χ1v) is 4.26. The molecule has 0 saturated carbocycles. The van der Waals surface area contributed by atoms with Crippen molar-refractivity contribution >= 4 is 0 Å². The van der Waals surface area contributed by atoms with E-state index in [4.69, 9.17) is 0 Å². The summed E-state index contributed by atoms with van der Waals surface area (Å²) in [6.45, 7) is 1.68. The minimum absolute atomic E-state index is 0.542. The molecule has 0 radical (unpaired) electrons. The van der Waals surface area contributed by atoms with Crippen LogP contribution in [0.25, 0.3) is 5.69 Å². The normalized spacial score (nSPS) is 12.7. The molecule has 0 aliphatic rings. The van der Waals surface area contributed by atoms with E-state index in [-0.39, 0.29) is 0 Å². The summed E-state index contributed by atoms with van der Waals surface area (Å²) in [7, 11) is 0. The van der Waals surface area contributed by atoms with Gasteiger partial charge < -0.3 is 5.11 Å². The minimum atomic E-state index is -0.542. The molecule has 0 aliphatic carbocycles. The first kappa shape index (κ1) is 8.83. The third-order valence-corrected chi connectivity index (χ3v) is 1.88. The Kier molecular flexibility index (Phi) is 2.24. The lowest BCUT2D eigenvalue weighted by molar-refractivity contribution is 0.194. The van der Waals surface area contributed by atoms with E-state index >= 15 is 0 Å². The van der Waals surface area contributed by atoms with Crippen LogP contribution < -0.4 is 0 Å². The molecule has 1 N–H and O–H groups in total. The summed E-state index contributed by atoms with van der Waals surface area (Å²) in [6.07, 6.45) is 4.16. The van der Waals surface area contributed by atoms with Crippen molar-refractivity contribution in [3.05, 3.63) is 36.7 Å². The molecule has 0 saturated heterocycles. The lowest BCUT2D eigenvalue weighted by atomic mass is 10.2. The molecule has 0 aromatic carbocycles. The summed E-state index contributed by atoms with van der Waals surface area (Å²) in [6, 6.07) is 3.60. The van der Waals surface area contributed by atoms with Crippen LogP contribution >= 0.6 is 0 Å². The molecule has 72 valence electrons. The van der Waals surface area contributed by atoms with Crippen LogP contribution in [0.2, 0.25) is 0 Å². The number of aromatic nitrogens is 4. The Morgan fingerprint density at radius 3 is 2.79 bits per heavy atom. The number of hydrogen-bond donors (Lipinski definition) is 1. The van der Waals surface area contributed by atoms with Gasteiger partial charge in [-0.2, -0.15) is 5.10 Å². The molecule has 5 heteroatoms. The van der Waals surface area contributed by atoms with Crippen molar-refractivity contribution in [3.63, 3.8) is 0 Å². The zero-order valence-electron chi connectivity index (χ0n) is 7.70. The van der Waals surface area contributed by atoms with Crippen LogP contribution in [-0.2, 0) is 0 Å². The van der Waals surface area contributed by atoms with E-state index in [0.717, 1.165) is 5.69 Å². The van der Waals surface area contributed by atoms with Crippen molar-refractivity contribution in [2.45, 2.75) is 13.0 Å². The molecule has 0 spiro atoms. The number of nitrogens with zero attached hydrogens (tertiary/aromatic N) is 4. The van der Waals surface area contributed by atoms with Crippen LogP contribution in [0.15, 0.2) is 31.0 Å². The van der Waals surface area contributed by atoms with E-state index in [1.807, 2.05) is 6.07 Å². The molecule has 0 fully saturated rings. The van der Waals surface area contributed by atoms with Crippen LogP contribution in [0.1, 0.15) is 18.7 Å². The van der Waals surface area contributed by atoms with Gasteiger partial charge in [0.25, 0.3) is 0 Å². The van der Waals surface area contributed by atoms with Crippen molar-refractivity contribution in [2.24, 2.45) is 0 Å². The zero-order valence-corrected chi connectivity index (χ0v) is 7.70. The van der Waals surface area contributed by atoms with Gasteiger partial charge in [-0.15, -0.1) is 0 Å². The number of pyridine rings is 1. The van der Waals surface area contributed by atoms with E-state index < -0.39 is 6.10 Å². The van der Waals surface area contributed by atoms with Crippen molar-refractivity contribution in [1.29, 1.82) is 0 Å². The van der Waals surface area contributed by atoms with Gasteiger partial charge in [-0.3, -0.25) is 4.98 Å². The molecule has 2 rings (SSSR count). The lowest BCUT2D eigenvalue weighted by Crippen LogP contribution is -1.99. The molecule has 0 bridgehead atoms. The molecular weight excluding hydrogens is 180 g/mol. The quantitative estimate of drug-likeness (QED) is 0.757. The largest absolute Gasteiger partial charge is 0.387 e. The highest BCUT2D eigenvalue weighted by molar-refractivity contribution is 5.28. The third kappa shape index (κ3) is 1.62. The monoisotopic (exact) mass is 190 g/mol. The smallest absolute Gasteiger partial charge is 0.138 e. The maximum Gasteiger partial charge on any atom is 0.138 e. The highest BCUT2D eigenvalue weighted by Crippen LogP contribution is 2.10. The summed E-state index contributed by atoms with van der Waals surface area (Å²) in [5.74, 6) is 0. The second-order valence-corrected chi connectivity index (χ2v) is 2.96. The molecule has 2 aromatic rings. The molecule has 0 aliphatic heterocycles. The maximum absolute atomic E-state index is 9.25. The van der Waals surface area contributed by atoms with Gasteiger partial charge in [-0.1, -0.05) is 0 Å². The standard InChI is InChI=1S/C9H10N4O/c1-7(14)9-3-2-8(4-11-9)13-6-10-5-12-13/h2-7,14H,1H3. The Morgan fingerprint density at radius 1 is 1.43 bits per heavy atom. The number of aliphatic hydroxyl groups is 1. The Labute approximate surface area is 81.1 Å². The fourth-order valence-corrected chi connectivity index (χ4v) is 1.12. The van der Waals surface area contributed by atoms with Crippen molar-refractivity contribution in [2.75, 3.05) is 0 Å². The fraction of sp³-hybridized carbons (Fsp3) is 0.222. The predicted octanol–water partition coefficient (Wildman–Crippen LogP) is 0.716. The summed E-state index contributed by atoms with van der Waals surface area (Å²) >= 11 is 0. The highest BCUT2D eigenvalue weighted by atomic mass is 16.3. The summed E-state index contributed by atoms with van der Waals surface area (Å²) in [5.41, 5.74) is 1.47. The van der Waals surface area contributed by atoms with Crippen LogP contribution in [0.5, 0.6) is 0 Å². The summed E-state index contributed by atoms with van der Waals surface area (Å²) < 4.78 is 1.61. The van der Waals surface area contributed by atoms with Gasteiger partial charge in [0.05, 0.1) is 23.7 Å². The van der Waals surface area contributed by atoms with Crippen LogP contribution in [0.3, 0.4) is 0 Å². The number of aliphatic hydroxyl groups excluding tert-OH is 1. The summed E-state index contributed by atoms with van der Waals surface area (Å²) in [5, 5.41) is 13.2. The van der Waals surface area contributed by atoms with E-state index in [9.17, 15) is 5.11 Å². The minimum Gasteiger partial charge on any atom is -0.387 e. The molecule has 5 nitrogen and oxygen atoms in total. The molecule has 1 unspecified atom stereocenters. The van der Waals surface area contributed by atoms with Gasteiger partial charge in [-0.25, -0.2) is 9.67 Å². The number of rotatable bonds is 2. The van der Waals surface area contributed by atoms with Gasteiger partial charge in [0, 0.05) is 0 Å². The average molecular weight is 190 g/mol. The van der Waals surface area contributed by atoms with Gasteiger partial charge in [0.15, 0.2) is 0 Å². The van der Waals surface area contributed by atoms with Gasteiger partial charge in [0.1, 0.15) is 12.7 Å². The lowest BCUT2D eigenvalue weighted by Gasteiger charge is -2.04. The summed E-state index contributed by atoms with van der Waals surface area (Å²) in [4.78, 5) is 7.93. The van der Waals surface area contributed by atoms with E-state index in [1.54, 1.807) is 30.2 Å². The second-order valence-electron chi connectivity index (χ2n) is 2.96. The van der Waals surface area contributed by atoms with E-state index in [1.165, 1.54) is 6.33 Å². The molecular formula is C9H10N4O. The van der Waals surface area contributed by atoms with Gasteiger partial charge >= 0.3 is 0 Å². The molecule has 1 atom stereocenters. The molecule has 2 heterocycles. The third-order valence-electron chi connectivity index (χ3n) is 1.88. The number of hydrogen-bond acceptors (Lipinski definition) is 4. The Hall–Kier alpha value is -1.75. The van der Waals surface area contributed by atoms with Crippen molar-refractivity contribution in [1.82, 2.24) is 19.7 Å². The highest BCUT2D eigenvalue weighted by Gasteiger charge is 2.02. The fourth-order valence-electron chi connectivity index (χ4n) is 1.12. The van der Waals surface area contributed by atoms with Crippen molar-refractivity contribution < 1.29 is 5.11 Å². The van der Waals surface area contributed by atoms with Crippen LogP contribution in [0, 0.1) is 0 Å².